The van der Waals surface area contributed by atoms with Crippen LogP contribution in [0.3, 0.4) is 0 Å². The number of nitrogens with one attached hydrogen (secondary N) is 1. The fourth-order valence-electron chi connectivity index (χ4n) is 2.06. The Kier molecular flexibility index (Phi) is 4.74. The second-order valence-corrected chi connectivity index (χ2v) is 5.35. The molecule has 0 fully saturated rings. The van der Waals surface area contributed by atoms with Crippen molar-refractivity contribution in [2.75, 3.05) is 12.4 Å². The number of hydrogen-bond acceptors (Lipinski definition) is 3. The molecule has 100 valence electrons. The van der Waals surface area contributed by atoms with Crippen LogP contribution in [0.5, 0.6) is 0 Å². The first-order chi connectivity index (χ1) is 9.21. The lowest BCUT2D eigenvalue weighted by Crippen LogP contribution is -2.05. The number of halogens is 1. The third-order valence-corrected chi connectivity index (χ3v) is 4.26. The Morgan fingerprint density at radius 2 is 1.84 bits per heavy atom. The van der Waals surface area contributed by atoms with Crippen LogP contribution in [0, 0.1) is 3.57 Å². The zero-order chi connectivity index (χ0) is 13.8. The third-order valence-electron chi connectivity index (χ3n) is 3.13. The monoisotopic (exact) mass is 367 g/mol. The van der Waals surface area contributed by atoms with Gasteiger partial charge in [0.2, 0.25) is 0 Å². The molecule has 0 unspecified atom stereocenters. The molecule has 3 nitrogen and oxygen atoms in total. The van der Waals surface area contributed by atoms with E-state index in [2.05, 4.69) is 64.9 Å². The number of aryl methyl sites for hydroxylation is 2. The molecule has 0 atom stereocenters. The van der Waals surface area contributed by atoms with E-state index in [1.807, 2.05) is 13.1 Å². The van der Waals surface area contributed by atoms with E-state index >= 15 is 0 Å². The summed E-state index contributed by atoms with van der Waals surface area (Å²) in [4.78, 5) is 9.37. The van der Waals surface area contributed by atoms with Crippen molar-refractivity contribution in [1.29, 1.82) is 0 Å². The molecule has 4 heteroatoms. The summed E-state index contributed by atoms with van der Waals surface area (Å²) in [5.74, 6) is 1.73. The summed E-state index contributed by atoms with van der Waals surface area (Å²) >= 11 is 2.31. The number of anilines is 1. The molecule has 1 heterocycles. The van der Waals surface area contributed by atoms with Crippen LogP contribution in [-0.2, 0) is 12.8 Å². The molecule has 0 spiro atoms. The van der Waals surface area contributed by atoms with Gasteiger partial charge in [-0.15, -0.1) is 0 Å². The topological polar surface area (TPSA) is 37.8 Å². The van der Waals surface area contributed by atoms with Gasteiger partial charge >= 0.3 is 0 Å². The average Bonchev–Trinajstić information content (AvgIpc) is 2.47. The number of rotatable bonds is 4. The molecule has 1 aromatic carbocycles. The fraction of sp³-hybridized carbons (Fsp3) is 0.333. The highest BCUT2D eigenvalue weighted by molar-refractivity contribution is 14.1. The van der Waals surface area contributed by atoms with Crippen molar-refractivity contribution >= 4 is 28.4 Å². The van der Waals surface area contributed by atoms with Gasteiger partial charge in [-0.1, -0.05) is 38.1 Å². The molecule has 0 saturated heterocycles. The predicted octanol–water partition coefficient (Wildman–Crippen LogP) is 3.91. The van der Waals surface area contributed by atoms with Gasteiger partial charge in [0.05, 0.1) is 9.26 Å². The van der Waals surface area contributed by atoms with E-state index in [-0.39, 0.29) is 0 Å². The van der Waals surface area contributed by atoms with Crippen LogP contribution in [0.25, 0.3) is 11.4 Å². The van der Waals surface area contributed by atoms with Crippen LogP contribution in [0.2, 0.25) is 0 Å². The maximum absolute atomic E-state index is 4.72. The number of benzene rings is 1. The highest BCUT2D eigenvalue weighted by atomic mass is 127. The molecule has 19 heavy (non-hydrogen) atoms. The lowest BCUT2D eigenvalue weighted by molar-refractivity contribution is 0.985. The van der Waals surface area contributed by atoms with Crippen LogP contribution >= 0.6 is 22.6 Å². The van der Waals surface area contributed by atoms with Crippen molar-refractivity contribution in [1.82, 2.24) is 9.97 Å². The third kappa shape index (κ3) is 2.88. The van der Waals surface area contributed by atoms with Crippen molar-refractivity contribution in [2.45, 2.75) is 26.7 Å². The fourth-order valence-corrected chi connectivity index (χ4v) is 2.95. The molecule has 2 rings (SSSR count). The van der Waals surface area contributed by atoms with Gasteiger partial charge in [0, 0.05) is 12.6 Å². The van der Waals surface area contributed by atoms with E-state index in [1.54, 1.807) is 0 Å². The Morgan fingerprint density at radius 1 is 1.11 bits per heavy atom. The lowest BCUT2D eigenvalue weighted by Gasteiger charge is -2.12. The largest absolute Gasteiger partial charge is 0.372 e. The molecule has 0 bridgehead atoms. The maximum atomic E-state index is 4.72. The van der Waals surface area contributed by atoms with Crippen LogP contribution in [0.4, 0.5) is 5.82 Å². The minimum absolute atomic E-state index is 0.819. The SMILES string of the molecule is CCc1ccccc1-c1nc(CC)c(I)c(NC)n1. The van der Waals surface area contributed by atoms with E-state index in [1.165, 1.54) is 5.56 Å². The summed E-state index contributed by atoms with van der Waals surface area (Å²) in [6.45, 7) is 4.28. The van der Waals surface area contributed by atoms with E-state index < -0.39 is 0 Å². The molecule has 0 radical (unpaired) electrons. The van der Waals surface area contributed by atoms with Crippen molar-refractivity contribution < 1.29 is 0 Å². The normalized spacial score (nSPS) is 10.5. The molecule has 0 amide bonds. The van der Waals surface area contributed by atoms with E-state index in [9.17, 15) is 0 Å². The van der Waals surface area contributed by atoms with Gasteiger partial charge in [-0.05, 0) is 41.0 Å². The Balaban J connectivity index is 2.62. The summed E-state index contributed by atoms with van der Waals surface area (Å²) in [6.07, 6.45) is 1.90. The summed E-state index contributed by atoms with van der Waals surface area (Å²) < 4.78 is 1.11. The first-order valence-electron chi connectivity index (χ1n) is 6.53. The van der Waals surface area contributed by atoms with Crippen molar-refractivity contribution in [3.8, 4) is 11.4 Å². The highest BCUT2D eigenvalue weighted by Crippen LogP contribution is 2.26. The molecule has 1 N–H and O–H groups in total. The molecule has 0 aliphatic heterocycles. The average molecular weight is 367 g/mol. The van der Waals surface area contributed by atoms with Gasteiger partial charge < -0.3 is 5.32 Å². The molecule has 0 saturated carbocycles. The summed E-state index contributed by atoms with van der Waals surface area (Å²) in [5, 5.41) is 3.16. The zero-order valence-electron chi connectivity index (χ0n) is 11.5. The summed E-state index contributed by atoms with van der Waals surface area (Å²) in [6, 6.07) is 8.34. The predicted molar refractivity (Wildman–Crippen MR) is 88.5 cm³/mol. The first kappa shape index (κ1) is 14.2. The van der Waals surface area contributed by atoms with E-state index in [4.69, 9.17) is 4.98 Å². The Hall–Kier alpha value is -1.17. The standard InChI is InChI=1S/C15H18IN3/c1-4-10-8-6-7-9-11(10)14-18-12(5-2)13(16)15(17-3)19-14/h6-9H,4-5H2,1-3H3,(H,17,18,19). The van der Waals surface area contributed by atoms with Crippen molar-refractivity contribution in [3.05, 3.63) is 39.1 Å². The highest BCUT2D eigenvalue weighted by Gasteiger charge is 2.13. The summed E-state index contributed by atoms with van der Waals surface area (Å²) in [5.41, 5.74) is 3.52. The van der Waals surface area contributed by atoms with Crippen LogP contribution in [0.15, 0.2) is 24.3 Å². The Bertz CT molecular complexity index is 556. The van der Waals surface area contributed by atoms with Crippen LogP contribution in [0.1, 0.15) is 25.1 Å². The van der Waals surface area contributed by atoms with Gasteiger partial charge in [0.25, 0.3) is 0 Å². The van der Waals surface area contributed by atoms with Gasteiger partial charge in [0.15, 0.2) is 5.82 Å². The molecule has 0 aliphatic rings. The number of nitrogens with zero attached hydrogens (tertiary/aromatic N) is 2. The van der Waals surface area contributed by atoms with Gasteiger partial charge in [-0.25, -0.2) is 9.97 Å². The van der Waals surface area contributed by atoms with Gasteiger partial charge in [-0.3, -0.25) is 0 Å². The number of hydrogen-bond donors (Lipinski definition) is 1. The molecule has 1 aromatic heterocycles. The second kappa shape index (κ2) is 6.32. The van der Waals surface area contributed by atoms with Crippen LogP contribution in [-0.4, -0.2) is 17.0 Å². The van der Waals surface area contributed by atoms with E-state index in [0.29, 0.717) is 0 Å². The quantitative estimate of drug-likeness (QED) is 0.833. The summed E-state index contributed by atoms with van der Waals surface area (Å²) in [7, 11) is 1.90. The molecular formula is C15H18IN3. The Morgan fingerprint density at radius 3 is 2.47 bits per heavy atom. The number of aromatic nitrogens is 2. The van der Waals surface area contributed by atoms with Crippen molar-refractivity contribution in [2.24, 2.45) is 0 Å². The maximum Gasteiger partial charge on any atom is 0.162 e. The molecule has 0 aliphatic carbocycles. The first-order valence-corrected chi connectivity index (χ1v) is 7.61. The molecule has 2 aromatic rings. The minimum Gasteiger partial charge on any atom is -0.372 e. The lowest BCUT2D eigenvalue weighted by atomic mass is 10.0. The van der Waals surface area contributed by atoms with Gasteiger partial charge in [-0.2, -0.15) is 0 Å². The van der Waals surface area contributed by atoms with Crippen LogP contribution < -0.4 is 5.32 Å². The zero-order valence-corrected chi connectivity index (χ0v) is 13.7. The second-order valence-electron chi connectivity index (χ2n) is 4.27. The molecular weight excluding hydrogens is 349 g/mol. The smallest absolute Gasteiger partial charge is 0.162 e. The van der Waals surface area contributed by atoms with Gasteiger partial charge in [0.1, 0.15) is 5.82 Å². The van der Waals surface area contributed by atoms with Crippen molar-refractivity contribution in [3.63, 3.8) is 0 Å². The Labute approximate surface area is 128 Å². The minimum atomic E-state index is 0.819. The van der Waals surface area contributed by atoms with E-state index in [0.717, 1.165) is 39.3 Å².